The molecule has 0 aliphatic carbocycles. The largest absolute Gasteiger partial charge is 0.350 e. The lowest BCUT2D eigenvalue weighted by Crippen LogP contribution is -2.27. The zero-order valence-corrected chi connectivity index (χ0v) is 11.2. The van der Waals surface area contributed by atoms with Crippen LogP contribution in [0.2, 0.25) is 5.02 Å². The second-order valence-electron chi connectivity index (χ2n) is 3.70. The van der Waals surface area contributed by atoms with E-state index in [1.54, 1.807) is 24.4 Å². The molecule has 0 saturated heterocycles. The monoisotopic (exact) mass is 282 g/mol. The fourth-order valence-electron chi connectivity index (χ4n) is 1.51. The molecule has 18 heavy (non-hydrogen) atoms. The summed E-state index contributed by atoms with van der Waals surface area (Å²) < 4.78 is 1.02. The Hall–Kier alpha value is -1.66. The number of primary amides is 1. The topological polar surface area (TPSA) is 75.0 Å². The van der Waals surface area contributed by atoms with Gasteiger partial charge in [0.25, 0.3) is 0 Å². The number of halogens is 1. The van der Waals surface area contributed by atoms with E-state index >= 15 is 0 Å². The highest BCUT2D eigenvalue weighted by Crippen LogP contribution is 2.30. The van der Waals surface area contributed by atoms with Crippen molar-refractivity contribution < 1.29 is 4.79 Å². The Morgan fingerprint density at radius 3 is 2.78 bits per heavy atom. The van der Waals surface area contributed by atoms with Crippen molar-refractivity contribution in [2.24, 2.45) is 5.73 Å². The number of nitrogens with two attached hydrogens (primary N) is 1. The minimum Gasteiger partial charge on any atom is -0.350 e. The van der Waals surface area contributed by atoms with Crippen molar-refractivity contribution in [2.45, 2.75) is 6.92 Å². The number of carbonyl (C=O) groups is 1. The number of amides is 2. The molecule has 0 aliphatic rings. The molecule has 0 saturated carbocycles. The molecule has 0 radical (unpaired) electrons. The Balaban J connectivity index is 2.39. The first-order chi connectivity index (χ1) is 8.49. The number of nitrogens with zero attached hydrogens (tertiary/aromatic N) is 2. The normalized spacial score (nSPS) is 10.4. The van der Waals surface area contributed by atoms with Crippen LogP contribution in [-0.2, 0) is 0 Å². The molecule has 5 nitrogen and oxygen atoms in total. The second kappa shape index (κ2) is 4.91. The number of aromatic amines is 1. The van der Waals surface area contributed by atoms with Gasteiger partial charge in [0.05, 0.1) is 16.4 Å². The quantitative estimate of drug-likeness (QED) is 0.741. The van der Waals surface area contributed by atoms with Gasteiger partial charge in [0.15, 0.2) is 0 Å². The first kappa shape index (κ1) is 12.8. The SMILES string of the molecule is Cc1c[nH]c(-c2ccc(N(S)C(N)=O)cc2Cl)n1. The van der Waals surface area contributed by atoms with Crippen molar-refractivity contribution >= 4 is 36.1 Å². The maximum Gasteiger partial charge on any atom is 0.329 e. The number of benzene rings is 1. The van der Waals surface area contributed by atoms with Crippen molar-refractivity contribution in [3.63, 3.8) is 0 Å². The van der Waals surface area contributed by atoms with Crippen LogP contribution in [0.25, 0.3) is 11.4 Å². The molecule has 2 amide bonds. The van der Waals surface area contributed by atoms with Gasteiger partial charge in [-0.15, -0.1) is 0 Å². The van der Waals surface area contributed by atoms with Gasteiger partial charge in [-0.2, -0.15) is 0 Å². The Morgan fingerprint density at radius 1 is 1.56 bits per heavy atom. The first-order valence-corrected chi connectivity index (χ1v) is 5.87. The summed E-state index contributed by atoms with van der Waals surface area (Å²) in [6, 6.07) is 4.38. The predicted octanol–water partition coefficient (Wildman–Crippen LogP) is 2.77. The average molecular weight is 283 g/mol. The van der Waals surface area contributed by atoms with Crippen LogP contribution >= 0.6 is 24.4 Å². The lowest BCUT2D eigenvalue weighted by atomic mass is 10.2. The highest BCUT2D eigenvalue weighted by Gasteiger charge is 2.12. The zero-order valence-electron chi connectivity index (χ0n) is 9.51. The molecular formula is C11H11ClN4OS. The molecule has 94 valence electrons. The maximum atomic E-state index is 11.0. The third kappa shape index (κ3) is 2.44. The van der Waals surface area contributed by atoms with Gasteiger partial charge < -0.3 is 10.7 Å². The average Bonchev–Trinajstić information content (AvgIpc) is 2.74. The lowest BCUT2D eigenvalue weighted by molar-refractivity contribution is 0.257. The minimum atomic E-state index is -0.670. The van der Waals surface area contributed by atoms with E-state index in [0.29, 0.717) is 16.5 Å². The number of thiol groups is 1. The van der Waals surface area contributed by atoms with Crippen LogP contribution in [0.5, 0.6) is 0 Å². The number of rotatable bonds is 2. The van der Waals surface area contributed by atoms with Crippen LogP contribution in [-0.4, -0.2) is 16.0 Å². The number of hydrogen-bond acceptors (Lipinski definition) is 3. The number of H-pyrrole nitrogens is 1. The summed E-state index contributed by atoms with van der Waals surface area (Å²) in [5, 5.41) is 0.460. The van der Waals surface area contributed by atoms with Gasteiger partial charge in [-0.25, -0.2) is 14.1 Å². The molecule has 0 spiro atoms. The molecule has 0 aliphatic heterocycles. The second-order valence-corrected chi connectivity index (χ2v) is 4.51. The lowest BCUT2D eigenvalue weighted by Gasteiger charge is -2.13. The van der Waals surface area contributed by atoms with E-state index in [1.807, 2.05) is 6.92 Å². The summed E-state index contributed by atoms with van der Waals surface area (Å²) >= 11 is 10.1. The fraction of sp³-hybridized carbons (Fsp3) is 0.0909. The van der Waals surface area contributed by atoms with Gasteiger partial charge >= 0.3 is 6.03 Å². The fourth-order valence-corrected chi connectivity index (χ4v) is 1.90. The maximum absolute atomic E-state index is 11.0. The number of nitrogens with one attached hydrogen (secondary N) is 1. The van der Waals surface area contributed by atoms with Crippen molar-refractivity contribution in [3.8, 4) is 11.4 Å². The minimum absolute atomic E-state index is 0.460. The summed E-state index contributed by atoms with van der Waals surface area (Å²) in [5.74, 6) is 0.675. The molecule has 0 unspecified atom stereocenters. The summed E-state index contributed by atoms with van der Waals surface area (Å²) in [7, 11) is 0. The molecule has 3 N–H and O–H groups in total. The van der Waals surface area contributed by atoms with E-state index in [4.69, 9.17) is 17.3 Å². The van der Waals surface area contributed by atoms with E-state index in [1.165, 1.54) is 0 Å². The van der Waals surface area contributed by atoms with E-state index < -0.39 is 6.03 Å². The van der Waals surface area contributed by atoms with Gasteiger partial charge in [0.1, 0.15) is 5.82 Å². The highest BCUT2D eigenvalue weighted by atomic mass is 35.5. The van der Waals surface area contributed by atoms with E-state index in [-0.39, 0.29) is 0 Å². The zero-order chi connectivity index (χ0) is 13.3. The Kier molecular flexibility index (Phi) is 3.49. The smallest absolute Gasteiger partial charge is 0.329 e. The summed E-state index contributed by atoms with van der Waals surface area (Å²) in [6.07, 6.45) is 1.79. The third-order valence-electron chi connectivity index (χ3n) is 2.37. The third-order valence-corrected chi connectivity index (χ3v) is 3.11. The molecular weight excluding hydrogens is 272 g/mol. The molecule has 0 fully saturated rings. The molecule has 1 heterocycles. The van der Waals surface area contributed by atoms with Gasteiger partial charge in [0, 0.05) is 11.8 Å². The molecule has 0 atom stereocenters. The van der Waals surface area contributed by atoms with Crippen molar-refractivity contribution in [2.75, 3.05) is 4.31 Å². The standard InChI is InChI=1S/C11H11ClN4OS/c1-6-5-14-10(15-6)8-3-2-7(4-9(8)12)16(18)11(13)17/h2-5,18H,1H3,(H2,13,17)(H,14,15). The van der Waals surface area contributed by atoms with Crippen molar-refractivity contribution in [1.29, 1.82) is 0 Å². The van der Waals surface area contributed by atoms with Crippen molar-refractivity contribution in [3.05, 3.63) is 35.1 Å². The van der Waals surface area contributed by atoms with Crippen LogP contribution < -0.4 is 10.0 Å². The van der Waals surface area contributed by atoms with E-state index in [9.17, 15) is 4.79 Å². The number of anilines is 1. The van der Waals surface area contributed by atoms with Crippen LogP contribution in [0.15, 0.2) is 24.4 Å². The molecule has 7 heteroatoms. The molecule has 1 aromatic heterocycles. The van der Waals surface area contributed by atoms with Crippen LogP contribution in [0.1, 0.15) is 5.69 Å². The molecule has 2 aromatic rings. The van der Waals surface area contributed by atoms with Gasteiger partial charge in [-0.05, 0) is 25.1 Å². The van der Waals surface area contributed by atoms with Gasteiger partial charge in [-0.1, -0.05) is 24.4 Å². The van der Waals surface area contributed by atoms with Crippen LogP contribution in [0.4, 0.5) is 10.5 Å². The Morgan fingerprint density at radius 2 is 2.28 bits per heavy atom. The number of aromatic nitrogens is 2. The number of hydrogen-bond donors (Lipinski definition) is 3. The van der Waals surface area contributed by atoms with Crippen LogP contribution in [0, 0.1) is 6.92 Å². The van der Waals surface area contributed by atoms with Gasteiger partial charge in [0.2, 0.25) is 0 Å². The number of carbonyl (C=O) groups excluding carboxylic acids is 1. The highest BCUT2D eigenvalue weighted by molar-refractivity contribution is 7.82. The molecule has 0 bridgehead atoms. The van der Waals surface area contributed by atoms with Crippen molar-refractivity contribution in [1.82, 2.24) is 9.97 Å². The Labute approximate surface area is 115 Å². The summed E-state index contributed by atoms with van der Waals surface area (Å²) in [4.78, 5) is 18.3. The number of aryl methyl sites for hydroxylation is 1. The first-order valence-electron chi connectivity index (χ1n) is 5.09. The molecule has 1 aromatic carbocycles. The summed E-state index contributed by atoms with van der Waals surface area (Å²) in [6.45, 7) is 1.88. The van der Waals surface area contributed by atoms with Crippen LogP contribution in [0.3, 0.4) is 0 Å². The van der Waals surface area contributed by atoms with E-state index in [2.05, 4.69) is 22.8 Å². The number of urea groups is 1. The number of imidazole rings is 1. The molecule has 2 rings (SSSR count). The Bertz CT molecular complexity index is 598. The predicted molar refractivity (Wildman–Crippen MR) is 74.8 cm³/mol. The summed E-state index contributed by atoms with van der Waals surface area (Å²) in [5.41, 5.74) is 7.25. The van der Waals surface area contributed by atoms with E-state index in [0.717, 1.165) is 15.6 Å². The van der Waals surface area contributed by atoms with Gasteiger partial charge in [-0.3, -0.25) is 0 Å².